The van der Waals surface area contributed by atoms with Gasteiger partial charge in [0.05, 0.1) is 10.9 Å². The summed E-state index contributed by atoms with van der Waals surface area (Å²) in [5.74, 6) is 0.727. The van der Waals surface area contributed by atoms with E-state index in [1.807, 2.05) is 0 Å². The van der Waals surface area contributed by atoms with E-state index < -0.39 is 0 Å². The Morgan fingerprint density at radius 3 is 2.32 bits per heavy atom. The van der Waals surface area contributed by atoms with Gasteiger partial charge in [0, 0.05) is 5.56 Å². The number of hydrogen-bond donors (Lipinski definition) is 0. The van der Waals surface area contributed by atoms with Crippen LogP contribution in [0.2, 0.25) is 0 Å². The van der Waals surface area contributed by atoms with E-state index in [9.17, 15) is 0 Å². The predicted octanol–water partition coefficient (Wildman–Crippen LogP) is 5.91. The normalized spacial score (nSPS) is 15.2. The topological polar surface area (TPSA) is 3.88 Å². The molecule has 4 rings (SSSR count). The lowest BCUT2D eigenvalue weighted by Crippen LogP contribution is -2.32. The summed E-state index contributed by atoms with van der Waals surface area (Å²) in [4.78, 5) is 0. The number of benzene rings is 2. The molecule has 0 spiro atoms. The number of rotatable bonds is 2. The van der Waals surface area contributed by atoms with Gasteiger partial charge in [0.1, 0.15) is 7.05 Å². The molecule has 0 atom stereocenters. The minimum Gasteiger partial charge on any atom is -0.200 e. The first-order valence-corrected chi connectivity index (χ1v) is 9.55. The predicted molar refractivity (Wildman–Crippen MR) is 106 cm³/mol. The molecule has 1 aliphatic rings. The molecule has 1 nitrogen and oxygen atoms in total. The van der Waals surface area contributed by atoms with Crippen molar-refractivity contribution in [1.82, 2.24) is 0 Å². The third-order valence-electron chi connectivity index (χ3n) is 6.04. The summed E-state index contributed by atoms with van der Waals surface area (Å²) in [6.45, 7) is 6.68. The van der Waals surface area contributed by atoms with Crippen molar-refractivity contribution in [3.05, 3.63) is 64.8 Å². The summed E-state index contributed by atoms with van der Waals surface area (Å²) in [6, 6.07) is 13.6. The minimum absolute atomic E-state index is 0.727. The fraction of sp³-hybridized carbons (Fsp3) is 0.375. The van der Waals surface area contributed by atoms with Crippen LogP contribution in [-0.2, 0) is 7.05 Å². The summed E-state index contributed by atoms with van der Waals surface area (Å²) in [7, 11) is 2.22. The zero-order valence-electron chi connectivity index (χ0n) is 15.9. The summed E-state index contributed by atoms with van der Waals surface area (Å²) < 4.78 is 2.37. The Hall–Kier alpha value is -2.15. The van der Waals surface area contributed by atoms with Crippen LogP contribution in [0.3, 0.4) is 0 Å². The Kier molecular flexibility index (Phi) is 4.11. The smallest absolute Gasteiger partial charge is 0.200 e. The lowest BCUT2D eigenvalue weighted by molar-refractivity contribution is -0.659. The van der Waals surface area contributed by atoms with Crippen molar-refractivity contribution in [2.24, 2.45) is 7.05 Å². The second-order valence-corrected chi connectivity index (χ2v) is 7.83. The fourth-order valence-corrected chi connectivity index (χ4v) is 4.66. The average molecular weight is 330 g/mol. The molecule has 2 aromatic carbocycles. The molecule has 1 fully saturated rings. The monoisotopic (exact) mass is 330 g/mol. The van der Waals surface area contributed by atoms with Crippen molar-refractivity contribution in [3.8, 4) is 11.3 Å². The van der Waals surface area contributed by atoms with E-state index in [2.05, 4.69) is 75.0 Å². The number of aryl methyl sites for hydroxylation is 3. The quantitative estimate of drug-likeness (QED) is 0.514. The van der Waals surface area contributed by atoms with Crippen LogP contribution in [0.1, 0.15) is 53.9 Å². The van der Waals surface area contributed by atoms with E-state index in [0.717, 1.165) is 5.92 Å². The first kappa shape index (κ1) is 16.3. The molecule has 25 heavy (non-hydrogen) atoms. The number of hydrogen-bond acceptors (Lipinski definition) is 0. The lowest BCUT2D eigenvalue weighted by atomic mass is 9.90. The van der Waals surface area contributed by atoms with Gasteiger partial charge in [-0.1, -0.05) is 42.7 Å². The molecule has 1 heterocycles. The third kappa shape index (κ3) is 2.76. The van der Waals surface area contributed by atoms with Gasteiger partial charge in [-0.25, -0.2) is 4.57 Å². The largest absolute Gasteiger partial charge is 0.220 e. The Morgan fingerprint density at radius 2 is 1.60 bits per heavy atom. The molecule has 1 saturated carbocycles. The summed E-state index contributed by atoms with van der Waals surface area (Å²) >= 11 is 0. The van der Waals surface area contributed by atoms with Crippen LogP contribution in [-0.4, -0.2) is 0 Å². The zero-order valence-corrected chi connectivity index (χ0v) is 15.9. The SMILES string of the molecule is Cc1cc(C)c(C)c(-c2c3ccccc3c(C3CCCC3)c[n+]2C)c1. The van der Waals surface area contributed by atoms with Crippen LogP contribution in [0.15, 0.2) is 42.6 Å². The Labute approximate surface area is 151 Å². The van der Waals surface area contributed by atoms with Gasteiger partial charge >= 0.3 is 0 Å². The van der Waals surface area contributed by atoms with E-state index in [4.69, 9.17) is 0 Å². The van der Waals surface area contributed by atoms with Crippen molar-refractivity contribution in [3.63, 3.8) is 0 Å². The molecule has 128 valence electrons. The van der Waals surface area contributed by atoms with Gasteiger partial charge in [0.15, 0.2) is 6.20 Å². The molecule has 3 aromatic rings. The molecular weight excluding hydrogens is 302 g/mol. The highest BCUT2D eigenvalue weighted by atomic mass is 14.9. The minimum atomic E-state index is 0.727. The van der Waals surface area contributed by atoms with Gasteiger partial charge < -0.3 is 0 Å². The molecule has 0 aliphatic heterocycles. The van der Waals surface area contributed by atoms with Crippen LogP contribution in [0, 0.1) is 20.8 Å². The molecule has 0 radical (unpaired) electrons. The van der Waals surface area contributed by atoms with Gasteiger partial charge in [0.2, 0.25) is 5.69 Å². The Balaban J connectivity index is 2.03. The van der Waals surface area contributed by atoms with E-state index >= 15 is 0 Å². The molecule has 0 N–H and O–H groups in total. The number of fused-ring (bicyclic) bond motifs is 1. The summed E-state index contributed by atoms with van der Waals surface area (Å²) in [6.07, 6.45) is 7.84. The van der Waals surface area contributed by atoms with Crippen molar-refractivity contribution in [1.29, 1.82) is 0 Å². The molecule has 1 aliphatic carbocycles. The first-order valence-electron chi connectivity index (χ1n) is 9.55. The molecule has 0 amide bonds. The van der Waals surface area contributed by atoms with Gasteiger partial charge in [-0.05, 0) is 68.2 Å². The van der Waals surface area contributed by atoms with Gasteiger partial charge in [0.25, 0.3) is 0 Å². The second-order valence-electron chi connectivity index (χ2n) is 7.83. The highest BCUT2D eigenvalue weighted by Crippen LogP contribution is 2.39. The molecule has 1 heteroatoms. The first-order chi connectivity index (χ1) is 12.1. The Morgan fingerprint density at radius 1 is 0.920 bits per heavy atom. The van der Waals surface area contributed by atoms with Crippen LogP contribution in [0.4, 0.5) is 0 Å². The third-order valence-corrected chi connectivity index (χ3v) is 6.04. The van der Waals surface area contributed by atoms with Crippen molar-refractivity contribution in [2.75, 3.05) is 0 Å². The molecule has 0 bridgehead atoms. The van der Waals surface area contributed by atoms with E-state index in [1.54, 1.807) is 5.56 Å². The molecule has 1 aromatic heterocycles. The molecule has 0 saturated heterocycles. The molecule has 0 unspecified atom stereocenters. The van der Waals surface area contributed by atoms with Crippen molar-refractivity contribution >= 4 is 10.8 Å². The summed E-state index contributed by atoms with van der Waals surface area (Å²) in [5, 5.41) is 2.84. The molecular formula is C24H28N+. The average Bonchev–Trinajstić information content (AvgIpc) is 3.12. The standard InChI is InChI=1S/C24H28N/c1-16-13-17(2)18(3)22(14-16)24-21-12-8-7-11-20(21)23(15-25(24)4)19-9-5-6-10-19/h7-8,11-15,19H,5-6,9-10H2,1-4H3/q+1. The van der Waals surface area contributed by atoms with E-state index in [1.165, 1.54) is 64.4 Å². The number of pyridine rings is 1. The van der Waals surface area contributed by atoms with Gasteiger partial charge in [-0.3, -0.25) is 0 Å². The highest BCUT2D eigenvalue weighted by molar-refractivity contribution is 5.96. The van der Waals surface area contributed by atoms with Crippen LogP contribution in [0.5, 0.6) is 0 Å². The lowest BCUT2D eigenvalue weighted by Gasteiger charge is -2.16. The van der Waals surface area contributed by atoms with Crippen molar-refractivity contribution < 1.29 is 4.57 Å². The fourth-order valence-electron chi connectivity index (χ4n) is 4.66. The number of nitrogens with zero attached hydrogens (tertiary/aromatic N) is 1. The van der Waals surface area contributed by atoms with Crippen LogP contribution < -0.4 is 4.57 Å². The van der Waals surface area contributed by atoms with E-state index in [0.29, 0.717) is 0 Å². The Bertz CT molecular complexity index is 946. The maximum Gasteiger partial charge on any atom is 0.220 e. The highest BCUT2D eigenvalue weighted by Gasteiger charge is 2.26. The van der Waals surface area contributed by atoms with Crippen LogP contribution >= 0.6 is 0 Å². The maximum atomic E-state index is 2.41. The number of aromatic nitrogens is 1. The van der Waals surface area contributed by atoms with Crippen LogP contribution in [0.25, 0.3) is 22.0 Å². The maximum absolute atomic E-state index is 2.41. The van der Waals surface area contributed by atoms with Gasteiger partial charge in [-0.2, -0.15) is 0 Å². The van der Waals surface area contributed by atoms with Gasteiger partial charge in [-0.15, -0.1) is 0 Å². The summed E-state index contributed by atoms with van der Waals surface area (Å²) in [5.41, 5.74) is 8.36. The van der Waals surface area contributed by atoms with E-state index in [-0.39, 0.29) is 0 Å². The zero-order chi connectivity index (χ0) is 17.6. The second kappa shape index (κ2) is 6.29. The van der Waals surface area contributed by atoms with Crippen molar-refractivity contribution in [2.45, 2.75) is 52.4 Å².